The number of hydrogen-bond donors (Lipinski definition) is 2. The molecule has 0 saturated carbocycles. The lowest BCUT2D eigenvalue weighted by Crippen LogP contribution is -2.16. The summed E-state index contributed by atoms with van der Waals surface area (Å²) in [5.74, 6) is -1.37. The van der Waals surface area contributed by atoms with E-state index in [-0.39, 0.29) is 11.3 Å². The second-order valence-electron chi connectivity index (χ2n) is 6.97. The normalized spacial score (nSPS) is 11.6. The van der Waals surface area contributed by atoms with Gasteiger partial charge in [-0.1, -0.05) is 24.3 Å². The van der Waals surface area contributed by atoms with E-state index >= 15 is 0 Å². The molecule has 166 valence electrons. The fourth-order valence-corrected chi connectivity index (χ4v) is 3.16. The molecular weight excluding hydrogens is 435 g/mol. The molecule has 33 heavy (non-hydrogen) atoms. The number of alkyl halides is 3. The van der Waals surface area contributed by atoms with Gasteiger partial charge in [-0.05, 0) is 36.4 Å². The molecule has 0 bridgehead atoms. The average Bonchev–Trinajstić information content (AvgIpc) is 3.33. The monoisotopic (exact) mass is 451 g/mol. The van der Waals surface area contributed by atoms with Crippen LogP contribution in [0.5, 0.6) is 0 Å². The predicted octanol–water partition coefficient (Wildman–Crippen LogP) is 5.75. The molecule has 0 radical (unpaired) electrons. The Balaban J connectivity index is 1.54. The Morgan fingerprint density at radius 2 is 1.82 bits per heavy atom. The number of benzene rings is 2. The number of aromatic nitrogens is 1. The summed E-state index contributed by atoms with van der Waals surface area (Å²) in [5, 5.41) is 5.49. The first-order valence-corrected chi connectivity index (χ1v) is 9.69. The summed E-state index contributed by atoms with van der Waals surface area (Å²) >= 11 is 0. The Kier molecular flexibility index (Phi) is 5.95. The van der Waals surface area contributed by atoms with E-state index in [9.17, 15) is 22.8 Å². The smallest absolute Gasteiger partial charge is 0.418 e. The average molecular weight is 451 g/mol. The summed E-state index contributed by atoms with van der Waals surface area (Å²) in [6, 6.07) is 13.5. The summed E-state index contributed by atoms with van der Waals surface area (Å²) in [6.07, 6.45) is 1.92. The SMILES string of the molecule is O=C(C=Cc1cccc2cccnc12)Nc1ccc(NC(=O)c2ccoc2)cc1C(F)(F)F. The van der Waals surface area contributed by atoms with Crippen LogP contribution in [0.4, 0.5) is 24.5 Å². The van der Waals surface area contributed by atoms with E-state index < -0.39 is 29.2 Å². The second kappa shape index (κ2) is 8.99. The van der Waals surface area contributed by atoms with Gasteiger partial charge in [-0.2, -0.15) is 13.2 Å². The van der Waals surface area contributed by atoms with Crippen LogP contribution in [0.1, 0.15) is 21.5 Å². The maximum absolute atomic E-state index is 13.6. The number of para-hydroxylation sites is 1. The first kappa shape index (κ1) is 21.8. The number of pyridine rings is 1. The van der Waals surface area contributed by atoms with E-state index in [0.29, 0.717) is 11.1 Å². The van der Waals surface area contributed by atoms with Gasteiger partial charge in [0.05, 0.1) is 28.6 Å². The van der Waals surface area contributed by atoms with E-state index in [1.54, 1.807) is 24.4 Å². The van der Waals surface area contributed by atoms with Crippen molar-refractivity contribution in [2.24, 2.45) is 0 Å². The topological polar surface area (TPSA) is 84.2 Å². The van der Waals surface area contributed by atoms with Crippen molar-refractivity contribution in [3.8, 4) is 0 Å². The fraction of sp³-hybridized carbons (Fsp3) is 0.0417. The first-order valence-electron chi connectivity index (χ1n) is 9.69. The third-order valence-corrected chi connectivity index (χ3v) is 4.70. The first-order chi connectivity index (χ1) is 15.8. The Morgan fingerprint density at radius 1 is 1.00 bits per heavy atom. The van der Waals surface area contributed by atoms with Crippen molar-refractivity contribution in [2.75, 3.05) is 10.6 Å². The van der Waals surface area contributed by atoms with Gasteiger partial charge < -0.3 is 15.1 Å². The van der Waals surface area contributed by atoms with Crippen molar-refractivity contribution in [2.45, 2.75) is 6.18 Å². The van der Waals surface area contributed by atoms with E-state index in [1.165, 1.54) is 30.7 Å². The number of carbonyl (C=O) groups excluding carboxylic acids is 2. The van der Waals surface area contributed by atoms with Crippen LogP contribution in [-0.2, 0) is 11.0 Å². The molecule has 2 amide bonds. The molecule has 4 rings (SSSR count). The molecule has 0 aliphatic carbocycles. The lowest BCUT2D eigenvalue weighted by atomic mass is 10.1. The number of halogens is 3. The summed E-state index contributed by atoms with van der Waals surface area (Å²) in [6.45, 7) is 0. The molecule has 0 atom stereocenters. The number of anilines is 2. The number of furan rings is 1. The van der Waals surface area contributed by atoms with Crippen LogP contribution >= 0.6 is 0 Å². The second-order valence-corrected chi connectivity index (χ2v) is 6.97. The van der Waals surface area contributed by atoms with Gasteiger partial charge in [-0.25, -0.2) is 0 Å². The zero-order chi connectivity index (χ0) is 23.4. The van der Waals surface area contributed by atoms with Gasteiger partial charge in [0.15, 0.2) is 0 Å². The number of nitrogens with zero attached hydrogens (tertiary/aromatic N) is 1. The molecule has 0 aliphatic heterocycles. The standard InChI is InChI=1S/C24H16F3N3O3/c25-24(26,27)19-13-18(29-23(32)17-10-12-33-14-17)7-8-20(19)30-21(31)9-6-16-4-1-3-15-5-2-11-28-22(15)16/h1-14H,(H,29,32)(H,30,31). The molecule has 0 saturated heterocycles. The van der Waals surface area contributed by atoms with Crippen molar-refractivity contribution >= 4 is 40.2 Å². The Hall–Kier alpha value is -4.40. The Labute approximate surface area is 185 Å². The Bertz CT molecular complexity index is 1340. The highest BCUT2D eigenvalue weighted by Crippen LogP contribution is 2.36. The lowest BCUT2D eigenvalue weighted by molar-refractivity contribution is -0.136. The lowest BCUT2D eigenvalue weighted by Gasteiger charge is -2.15. The number of rotatable bonds is 5. The van der Waals surface area contributed by atoms with Crippen molar-refractivity contribution in [3.05, 3.63) is 96.1 Å². The minimum atomic E-state index is -4.76. The third kappa shape index (κ3) is 5.09. The van der Waals surface area contributed by atoms with Crippen LogP contribution in [0.15, 0.2) is 83.8 Å². The maximum Gasteiger partial charge on any atom is 0.418 e. The molecule has 0 spiro atoms. The summed E-state index contributed by atoms with van der Waals surface area (Å²) in [7, 11) is 0. The largest absolute Gasteiger partial charge is 0.472 e. The highest BCUT2D eigenvalue weighted by molar-refractivity contribution is 6.05. The van der Waals surface area contributed by atoms with Crippen molar-refractivity contribution in [1.29, 1.82) is 0 Å². The minimum absolute atomic E-state index is 0.0797. The molecule has 0 aliphatic rings. The number of amides is 2. The quantitative estimate of drug-likeness (QED) is 0.379. The number of nitrogens with one attached hydrogen (secondary N) is 2. The van der Waals surface area contributed by atoms with Gasteiger partial charge in [0, 0.05) is 28.9 Å². The van der Waals surface area contributed by atoms with Gasteiger partial charge >= 0.3 is 6.18 Å². The zero-order valence-electron chi connectivity index (χ0n) is 16.9. The van der Waals surface area contributed by atoms with E-state index in [1.807, 2.05) is 12.1 Å². The van der Waals surface area contributed by atoms with Crippen molar-refractivity contribution in [1.82, 2.24) is 4.98 Å². The van der Waals surface area contributed by atoms with Crippen molar-refractivity contribution < 1.29 is 27.2 Å². The summed E-state index contributed by atoms with van der Waals surface area (Å²) < 4.78 is 45.6. The fourth-order valence-electron chi connectivity index (χ4n) is 3.16. The minimum Gasteiger partial charge on any atom is -0.472 e. The maximum atomic E-state index is 13.6. The molecule has 0 unspecified atom stereocenters. The van der Waals surface area contributed by atoms with Crippen LogP contribution in [0.2, 0.25) is 0 Å². The van der Waals surface area contributed by atoms with Crippen LogP contribution in [0, 0.1) is 0 Å². The molecule has 2 heterocycles. The molecule has 9 heteroatoms. The molecule has 4 aromatic rings. The molecule has 2 aromatic carbocycles. The van der Waals surface area contributed by atoms with Crippen LogP contribution in [0.25, 0.3) is 17.0 Å². The summed E-state index contributed by atoms with van der Waals surface area (Å²) in [5.41, 5.74) is -0.136. The number of hydrogen-bond acceptors (Lipinski definition) is 4. The van der Waals surface area contributed by atoms with Gasteiger partial charge in [0.25, 0.3) is 5.91 Å². The van der Waals surface area contributed by atoms with E-state index in [0.717, 1.165) is 23.6 Å². The number of fused-ring (bicyclic) bond motifs is 1. The third-order valence-electron chi connectivity index (χ3n) is 4.70. The van der Waals surface area contributed by atoms with Gasteiger partial charge in [0.1, 0.15) is 6.26 Å². The van der Waals surface area contributed by atoms with Crippen LogP contribution in [0.3, 0.4) is 0 Å². The van der Waals surface area contributed by atoms with Gasteiger partial charge in [-0.15, -0.1) is 0 Å². The van der Waals surface area contributed by atoms with Crippen molar-refractivity contribution in [3.63, 3.8) is 0 Å². The zero-order valence-corrected chi connectivity index (χ0v) is 16.9. The molecule has 6 nitrogen and oxygen atoms in total. The highest BCUT2D eigenvalue weighted by Gasteiger charge is 2.34. The van der Waals surface area contributed by atoms with Gasteiger partial charge in [-0.3, -0.25) is 14.6 Å². The van der Waals surface area contributed by atoms with Crippen LogP contribution < -0.4 is 10.6 Å². The Morgan fingerprint density at radius 3 is 2.58 bits per heavy atom. The summed E-state index contributed by atoms with van der Waals surface area (Å²) in [4.78, 5) is 28.7. The van der Waals surface area contributed by atoms with E-state index in [2.05, 4.69) is 15.6 Å². The van der Waals surface area contributed by atoms with Gasteiger partial charge in [0.2, 0.25) is 5.91 Å². The molecule has 2 N–H and O–H groups in total. The highest BCUT2D eigenvalue weighted by atomic mass is 19.4. The molecule has 0 fully saturated rings. The molecular formula is C24H16F3N3O3. The molecule has 2 aromatic heterocycles. The van der Waals surface area contributed by atoms with E-state index in [4.69, 9.17) is 4.42 Å². The van der Waals surface area contributed by atoms with Crippen LogP contribution in [-0.4, -0.2) is 16.8 Å². The number of carbonyl (C=O) groups is 2. The predicted molar refractivity (Wildman–Crippen MR) is 118 cm³/mol.